The van der Waals surface area contributed by atoms with E-state index in [4.69, 9.17) is 9.72 Å². The lowest BCUT2D eigenvalue weighted by molar-refractivity contribution is -0.123. The number of benzene rings is 2. The summed E-state index contributed by atoms with van der Waals surface area (Å²) >= 11 is 0. The Hall–Kier alpha value is -3.42. The van der Waals surface area contributed by atoms with Gasteiger partial charge in [-0.1, -0.05) is 24.3 Å². The molecule has 4 heterocycles. The maximum atomic E-state index is 13.3. The van der Waals surface area contributed by atoms with Gasteiger partial charge in [-0.3, -0.25) is 14.5 Å². The summed E-state index contributed by atoms with van der Waals surface area (Å²) in [5, 5.41) is 3.20. The lowest BCUT2D eigenvalue weighted by Crippen LogP contribution is -2.39. The van der Waals surface area contributed by atoms with Crippen molar-refractivity contribution in [1.82, 2.24) is 20.2 Å². The lowest BCUT2D eigenvalue weighted by atomic mass is 9.98. The van der Waals surface area contributed by atoms with Gasteiger partial charge >= 0.3 is 0 Å². The first-order valence-corrected chi connectivity index (χ1v) is 13.8. The summed E-state index contributed by atoms with van der Waals surface area (Å²) in [5.74, 6) is 0.968. The molecule has 2 aromatic carbocycles. The Morgan fingerprint density at radius 2 is 1.84 bits per heavy atom. The van der Waals surface area contributed by atoms with E-state index >= 15 is 0 Å². The fraction of sp³-hybridized carbons (Fsp3) is 0.419. The molecule has 0 unspecified atom stereocenters. The van der Waals surface area contributed by atoms with E-state index in [1.54, 1.807) is 6.20 Å². The highest BCUT2D eigenvalue weighted by atomic mass is 16.5. The van der Waals surface area contributed by atoms with E-state index in [2.05, 4.69) is 39.5 Å². The van der Waals surface area contributed by atoms with Gasteiger partial charge in [0.25, 0.3) is 5.91 Å². The van der Waals surface area contributed by atoms with E-state index in [0.717, 1.165) is 72.4 Å². The normalized spacial score (nSPS) is 20.6. The number of carbonyl (C=O) groups excluding carboxylic acids is 2. The summed E-state index contributed by atoms with van der Waals surface area (Å²) in [6.45, 7) is 2.90. The van der Waals surface area contributed by atoms with Crippen molar-refractivity contribution in [1.29, 1.82) is 0 Å². The Balaban J connectivity index is 1.37. The Kier molecular flexibility index (Phi) is 7.29. The van der Waals surface area contributed by atoms with Crippen LogP contribution in [0.1, 0.15) is 65.0 Å². The maximum absolute atomic E-state index is 13.3. The van der Waals surface area contributed by atoms with Crippen molar-refractivity contribution < 1.29 is 14.3 Å². The van der Waals surface area contributed by atoms with Crippen LogP contribution in [0.15, 0.2) is 54.7 Å². The van der Waals surface area contributed by atoms with Crippen molar-refractivity contribution in [3.63, 3.8) is 0 Å². The number of ether oxygens (including phenoxy) is 1. The Morgan fingerprint density at radius 3 is 2.74 bits per heavy atom. The minimum atomic E-state index is -0.0645. The number of fused-ring (bicyclic) bond motifs is 8. The van der Waals surface area contributed by atoms with E-state index in [9.17, 15) is 9.59 Å². The molecule has 2 fully saturated rings. The second-order valence-electron chi connectivity index (χ2n) is 10.7. The summed E-state index contributed by atoms with van der Waals surface area (Å²) < 4.78 is 5.45. The van der Waals surface area contributed by atoms with E-state index < -0.39 is 0 Å². The van der Waals surface area contributed by atoms with Crippen LogP contribution in [0.4, 0.5) is 0 Å². The monoisotopic (exact) mass is 510 g/mol. The Labute approximate surface area is 223 Å². The van der Waals surface area contributed by atoms with Gasteiger partial charge in [0.05, 0.1) is 11.7 Å². The average molecular weight is 511 g/mol. The van der Waals surface area contributed by atoms with Crippen molar-refractivity contribution in [2.45, 2.75) is 63.6 Å². The smallest absolute Gasteiger partial charge is 0.251 e. The van der Waals surface area contributed by atoms with Gasteiger partial charge < -0.3 is 10.1 Å². The number of amides is 1. The first kappa shape index (κ1) is 24.9. The van der Waals surface area contributed by atoms with Crippen molar-refractivity contribution in [2.24, 2.45) is 0 Å². The minimum Gasteiger partial charge on any atom is -0.381 e. The van der Waals surface area contributed by atoms with Crippen LogP contribution in [-0.4, -0.2) is 58.4 Å². The molecule has 196 valence electrons. The van der Waals surface area contributed by atoms with Gasteiger partial charge in [0.15, 0.2) is 0 Å². The molecule has 3 aliphatic rings. The third kappa shape index (κ3) is 5.69. The fourth-order valence-electron chi connectivity index (χ4n) is 5.96. The fourth-order valence-corrected chi connectivity index (χ4v) is 5.96. The first-order chi connectivity index (χ1) is 18.6. The Bertz CT molecular complexity index is 1330. The van der Waals surface area contributed by atoms with Crippen LogP contribution in [0.5, 0.6) is 0 Å². The van der Waals surface area contributed by atoms with Gasteiger partial charge in [-0.25, -0.2) is 9.97 Å². The van der Waals surface area contributed by atoms with Crippen LogP contribution < -0.4 is 5.32 Å². The molecule has 7 heteroatoms. The number of nitrogens with one attached hydrogen (secondary N) is 1. The average Bonchev–Trinajstić information content (AvgIpc) is 3.40. The van der Waals surface area contributed by atoms with Crippen LogP contribution in [0.25, 0.3) is 11.3 Å². The zero-order valence-electron chi connectivity index (χ0n) is 21.7. The van der Waals surface area contributed by atoms with Crippen LogP contribution in [0.3, 0.4) is 0 Å². The molecule has 0 spiro atoms. The highest BCUT2D eigenvalue weighted by molar-refractivity contribution is 5.94. The topological polar surface area (TPSA) is 84.4 Å². The summed E-state index contributed by atoms with van der Waals surface area (Å²) in [6, 6.07) is 16.4. The Morgan fingerprint density at radius 1 is 0.974 bits per heavy atom. The molecule has 3 aliphatic heterocycles. The number of rotatable bonds is 2. The molecule has 38 heavy (non-hydrogen) atoms. The van der Waals surface area contributed by atoms with Gasteiger partial charge in [-0.2, -0.15) is 0 Å². The molecule has 1 amide bonds. The highest BCUT2D eigenvalue weighted by Gasteiger charge is 2.30. The number of Topliss-reactive ketones (excluding diaryl/α,β-unsaturated/α-hetero) is 1. The summed E-state index contributed by atoms with van der Waals surface area (Å²) in [7, 11) is 0. The van der Waals surface area contributed by atoms with Crippen LogP contribution in [0, 0.1) is 0 Å². The molecule has 1 N–H and O–H groups in total. The molecule has 6 bridgehead atoms. The molecule has 3 aromatic rings. The first-order valence-electron chi connectivity index (χ1n) is 13.8. The summed E-state index contributed by atoms with van der Waals surface area (Å²) in [6.07, 6.45) is 7.15. The predicted molar refractivity (Wildman–Crippen MR) is 145 cm³/mol. The van der Waals surface area contributed by atoms with Gasteiger partial charge in [0, 0.05) is 56.0 Å². The van der Waals surface area contributed by atoms with E-state index in [-0.39, 0.29) is 18.0 Å². The quantitative estimate of drug-likeness (QED) is 0.558. The van der Waals surface area contributed by atoms with Gasteiger partial charge in [0.2, 0.25) is 0 Å². The zero-order valence-corrected chi connectivity index (χ0v) is 21.7. The molecule has 0 aliphatic carbocycles. The van der Waals surface area contributed by atoms with Crippen molar-refractivity contribution in [3.8, 4) is 11.3 Å². The van der Waals surface area contributed by atoms with Crippen LogP contribution in [0.2, 0.25) is 0 Å². The number of aryl methyl sites for hydroxylation is 1. The number of carbonyl (C=O) groups is 2. The highest BCUT2D eigenvalue weighted by Crippen LogP contribution is 2.26. The molecule has 0 saturated carbocycles. The van der Waals surface area contributed by atoms with Crippen molar-refractivity contribution >= 4 is 11.7 Å². The molecule has 7 nitrogen and oxygen atoms in total. The molecular formula is C31H34N4O3. The molecule has 1 atom stereocenters. The van der Waals surface area contributed by atoms with Crippen molar-refractivity contribution in [2.75, 3.05) is 19.8 Å². The van der Waals surface area contributed by atoms with Crippen molar-refractivity contribution in [3.05, 3.63) is 82.8 Å². The number of hydrogen-bond donors (Lipinski definition) is 1. The summed E-state index contributed by atoms with van der Waals surface area (Å²) in [4.78, 5) is 38.3. The second-order valence-corrected chi connectivity index (χ2v) is 10.7. The van der Waals surface area contributed by atoms with Crippen LogP contribution >= 0.6 is 0 Å². The van der Waals surface area contributed by atoms with E-state index in [1.165, 1.54) is 0 Å². The number of ketones is 1. The number of nitrogens with zero attached hydrogens (tertiary/aromatic N) is 3. The zero-order chi connectivity index (χ0) is 25.9. The SMILES string of the molecule is O=C(NC1CCOCC1)c1cc2cc(c1)CN1CCC[C@@H]1C(=O)CCc1cccc(c1)-c1ccnc(n1)C2. The third-order valence-electron chi connectivity index (χ3n) is 7.94. The molecule has 1 aromatic heterocycles. The molecule has 0 radical (unpaired) electrons. The summed E-state index contributed by atoms with van der Waals surface area (Å²) in [5.41, 5.74) is 5.74. The third-order valence-corrected chi connectivity index (χ3v) is 7.94. The number of aromatic nitrogens is 2. The second kappa shape index (κ2) is 11.1. The molecule has 6 rings (SSSR count). The van der Waals surface area contributed by atoms with Gasteiger partial charge in [0.1, 0.15) is 11.6 Å². The minimum absolute atomic E-state index is 0.0602. The molecular weight excluding hydrogens is 476 g/mol. The van der Waals surface area contributed by atoms with E-state index in [0.29, 0.717) is 43.9 Å². The predicted octanol–water partition coefficient (Wildman–Crippen LogP) is 4.12. The number of hydrogen-bond acceptors (Lipinski definition) is 6. The van der Waals surface area contributed by atoms with E-state index in [1.807, 2.05) is 24.3 Å². The van der Waals surface area contributed by atoms with Gasteiger partial charge in [-0.15, -0.1) is 0 Å². The van der Waals surface area contributed by atoms with Gasteiger partial charge in [-0.05, 0) is 79.6 Å². The standard InChI is InChI=1S/C31H34N4O3/c36-29-7-6-21-3-1-4-24(16-21)27-8-11-32-30(34-27)19-22-15-23(20-35-12-2-5-28(29)35)18-25(17-22)31(37)33-26-9-13-38-14-10-26/h1,3-4,8,11,15-18,26,28H,2,5-7,9-10,12-14,19-20H2,(H,33,37)/t28-/m1/s1. The maximum Gasteiger partial charge on any atom is 0.251 e. The largest absolute Gasteiger partial charge is 0.381 e. The molecule has 2 saturated heterocycles. The van der Waals surface area contributed by atoms with Crippen LogP contribution in [-0.2, 0) is 28.9 Å². The lowest BCUT2D eigenvalue weighted by Gasteiger charge is -2.25.